The summed E-state index contributed by atoms with van der Waals surface area (Å²) in [5.74, 6) is 1.60. The average Bonchev–Trinajstić information content (AvgIpc) is 2.30. The van der Waals surface area contributed by atoms with E-state index in [0.29, 0.717) is 35.6 Å². The Morgan fingerprint density at radius 2 is 2.19 bits per heavy atom. The van der Waals surface area contributed by atoms with E-state index in [1.807, 2.05) is 7.05 Å². The number of fused-ring (bicyclic) bond motifs is 1. The number of hydrogen-bond acceptors (Lipinski definition) is 4. The molecule has 0 saturated carbocycles. The lowest BCUT2D eigenvalue weighted by atomic mass is 10.1. The number of likely N-dealkylation sites (N-methyl/N-ethyl adjacent to an activating group) is 1. The minimum atomic E-state index is 0.236. The molecule has 4 nitrogen and oxygen atoms in total. The molecule has 0 radical (unpaired) electrons. The van der Waals surface area contributed by atoms with Gasteiger partial charge < -0.3 is 19.9 Å². The molecule has 0 amide bonds. The monoisotopic (exact) mass is 287 g/mol. The van der Waals surface area contributed by atoms with E-state index in [1.165, 1.54) is 0 Å². The van der Waals surface area contributed by atoms with Crippen LogP contribution < -0.4 is 14.8 Å². The molecule has 1 aliphatic heterocycles. The Bertz CT molecular complexity index is 395. The Morgan fingerprint density at radius 3 is 2.94 bits per heavy atom. The van der Waals surface area contributed by atoms with Crippen molar-refractivity contribution in [2.24, 2.45) is 0 Å². The van der Waals surface area contributed by atoms with Crippen molar-refractivity contribution in [1.82, 2.24) is 5.32 Å². The molecule has 1 heterocycles. The molecule has 88 valence electrons. The second-order valence-electron chi connectivity index (χ2n) is 3.56. The van der Waals surface area contributed by atoms with E-state index < -0.39 is 0 Å². The molecule has 0 unspecified atom stereocenters. The van der Waals surface area contributed by atoms with Gasteiger partial charge in [-0.1, -0.05) is 0 Å². The first kappa shape index (κ1) is 11.5. The quantitative estimate of drug-likeness (QED) is 0.888. The molecule has 0 aliphatic carbocycles. The number of halogens is 1. The molecule has 0 atom stereocenters. The number of rotatable bonds is 3. The smallest absolute Gasteiger partial charge is 0.168 e. The highest BCUT2D eigenvalue weighted by atomic mass is 79.9. The Morgan fingerprint density at radius 1 is 1.44 bits per heavy atom. The summed E-state index contributed by atoms with van der Waals surface area (Å²) in [5.41, 5.74) is 0.790. The van der Waals surface area contributed by atoms with Gasteiger partial charge in [-0.2, -0.15) is 0 Å². The fourth-order valence-electron chi connectivity index (χ4n) is 1.69. The zero-order chi connectivity index (χ0) is 11.5. The van der Waals surface area contributed by atoms with Crippen LogP contribution >= 0.6 is 15.9 Å². The molecule has 0 bridgehead atoms. The maximum atomic E-state index is 9.97. The highest BCUT2D eigenvalue weighted by molar-refractivity contribution is 9.10. The van der Waals surface area contributed by atoms with Crippen molar-refractivity contribution >= 4 is 15.9 Å². The molecule has 2 N–H and O–H groups in total. The highest BCUT2D eigenvalue weighted by Gasteiger charge is 2.21. The lowest BCUT2D eigenvalue weighted by Gasteiger charge is -2.22. The largest absolute Gasteiger partial charge is 0.506 e. The first-order chi connectivity index (χ1) is 7.74. The molecule has 1 aliphatic rings. The van der Waals surface area contributed by atoms with Gasteiger partial charge in [0.2, 0.25) is 0 Å². The molecule has 1 aromatic carbocycles. The Labute approximate surface area is 103 Å². The van der Waals surface area contributed by atoms with Crippen molar-refractivity contribution in [3.63, 3.8) is 0 Å². The van der Waals surface area contributed by atoms with Crippen LogP contribution in [0.2, 0.25) is 0 Å². The van der Waals surface area contributed by atoms with Crippen LogP contribution in [0.3, 0.4) is 0 Å². The van der Waals surface area contributed by atoms with E-state index in [1.54, 1.807) is 6.07 Å². The number of phenolic OH excluding ortho intramolecular Hbond substituents is 1. The predicted molar refractivity (Wildman–Crippen MR) is 64.4 cm³/mol. The topological polar surface area (TPSA) is 50.7 Å². The zero-order valence-electron chi connectivity index (χ0n) is 9.05. The summed E-state index contributed by atoms with van der Waals surface area (Å²) in [5, 5.41) is 13.0. The number of nitrogens with one attached hydrogen (secondary N) is 1. The fraction of sp³-hybridized carbons (Fsp3) is 0.455. The first-order valence-corrected chi connectivity index (χ1v) is 5.98. The SMILES string of the molecule is CNCCc1c(O)c(Br)cc2c1OCCO2. The van der Waals surface area contributed by atoms with Crippen LogP contribution in [0.4, 0.5) is 0 Å². The molecule has 5 heteroatoms. The van der Waals surface area contributed by atoms with Crippen LogP contribution in [-0.4, -0.2) is 31.9 Å². The van der Waals surface area contributed by atoms with Gasteiger partial charge in [-0.3, -0.25) is 0 Å². The fourth-order valence-corrected chi connectivity index (χ4v) is 2.14. The molecular weight excluding hydrogens is 274 g/mol. The van der Waals surface area contributed by atoms with E-state index in [9.17, 15) is 5.11 Å². The second kappa shape index (κ2) is 4.93. The van der Waals surface area contributed by atoms with E-state index in [-0.39, 0.29) is 5.75 Å². The van der Waals surface area contributed by atoms with Crippen molar-refractivity contribution in [2.45, 2.75) is 6.42 Å². The number of hydrogen-bond donors (Lipinski definition) is 2. The Hall–Kier alpha value is -0.940. The first-order valence-electron chi connectivity index (χ1n) is 5.18. The van der Waals surface area contributed by atoms with E-state index in [4.69, 9.17) is 9.47 Å². The van der Waals surface area contributed by atoms with Gasteiger partial charge in [0.25, 0.3) is 0 Å². The summed E-state index contributed by atoms with van der Waals surface area (Å²) in [7, 11) is 1.87. The molecule has 0 saturated heterocycles. The normalized spacial score (nSPS) is 13.9. The van der Waals surface area contributed by atoms with Gasteiger partial charge in [0.05, 0.1) is 4.47 Å². The van der Waals surface area contributed by atoms with Crippen molar-refractivity contribution in [1.29, 1.82) is 0 Å². The Kier molecular flexibility index (Phi) is 3.56. The van der Waals surface area contributed by atoms with Gasteiger partial charge in [-0.25, -0.2) is 0 Å². The third-order valence-corrected chi connectivity index (χ3v) is 3.08. The van der Waals surface area contributed by atoms with Crippen LogP contribution in [0.1, 0.15) is 5.56 Å². The van der Waals surface area contributed by atoms with Crippen LogP contribution in [0, 0.1) is 0 Å². The molecule has 2 rings (SSSR count). The van der Waals surface area contributed by atoms with Gasteiger partial charge in [0, 0.05) is 11.6 Å². The van der Waals surface area contributed by atoms with Crippen molar-refractivity contribution in [2.75, 3.05) is 26.8 Å². The molecular formula is C11H14BrNO3. The minimum Gasteiger partial charge on any atom is -0.506 e. The molecule has 0 fully saturated rings. The van der Waals surface area contributed by atoms with Crippen LogP contribution in [0.15, 0.2) is 10.5 Å². The molecule has 16 heavy (non-hydrogen) atoms. The van der Waals surface area contributed by atoms with Gasteiger partial charge >= 0.3 is 0 Å². The number of aromatic hydroxyl groups is 1. The summed E-state index contributed by atoms with van der Waals surface area (Å²) in [6, 6.07) is 1.74. The molecule has 0 spiro atoms. The summed E-state index contributed by atoms with van der Waals surface area (Å²) >= 11 is 3.31. The third kappa shape index (κ3) is 2.10. The van der Waals surface area contributed by atoms with Gasteiger partial charge in [-0.05, 0) is 35.9 Å². The lowest BCUT2D eigenvalue weighted by Crippen LogP contribution is -2.18. The standard InChI is InChI=1S/C11H14BrNO3/c1-13-3-2-7-10(14)8(12)6-9-11(7)16-5-4-15-9/h6,13-14H,2-5H2,1H3. The zero-order valence-corrected chi connectivity index (χ0v) is 10.6. The summed E-state index contributed by atoms with van der Waals surface area (Å²) in [6.45, 7) is 1.86. The summed E-state index contributed by atoms with van der Waals surface area (Å²) in [4.78, 5) is 0. The van der Waals surface area contributed by atoms with Crippen LogP contribution in [0.25, 0.3) is 0 Å². The maximum Gasteiger partial charge on any atom is 0.168 e. The van der Waals surface area contributed by atoms with Gasteiger partial charge in [0.15, 0.2) is 11.5 Å². The molecule has 1 aromatic rings. The highest BCUT2D eigenvalue weighted by Crippen LogP contribution is 2.43. The number of ether oxygens (including phenoxy) is 2. The molecule has 0 aromatic heterocycles. The second-order valence-corrected chi connectivity index (χ2v) is 4.42. The number of benzene rings is 1. The minimum absolute atomic E-state index is 0.236. The van der Waals surface area contributed by atoms with Gasteiger partial charge in [0.1, 0.15) is 19.0 Å². The van der Waals surface area contributed by atoms with Crippen LogP contribution in [-0.2, 0) is 6.42 Å². The number of phenols is 1. The van der Waals surface area contributed by atoms with Crippen molar-refractivity contribution < 1.29 is 14.6 Å². The predicted octanol–water partition coefficient (Wildman–Crippen LogP) is 1.69. The Balaban J connectivity index is 2.41. The van der Waals surface area contributed by atoms with Crippen molar-refractivity contribution in [3.8, 4) is 17.2 Å². The van der Waals surface area contributed by atoms with Crippen molar-refractivity contribution in [3.05, 3.63) is 16.1 Å². The van der Waals surface area contributed by atoms with Gasteiger partial charge in [-0.15, -0.1) is 0 Å². The van der Waals surface area contributed by atoms with E-state index in [0.717, 1.165) is 12.1 Å². The summed E-state index contributed by atoms with van der Waals surface area (Å²) in [6.07, 6.45) is 0.702. The average molecular weight is 288 g/mol. The van der Waals surface area contributed by atoms with Crippen LogP contribution in [0.5, 0.6) is 17.2 Å². The lowest BCUT2D eigenvalue weighted by molar-refractivity contribution is 0.169. The third-order valence-electron chi connectivity index (χ3n) is 2.48. The summed E-state index contributed by atoms with van der Waals surface area (Å²) < 4.78 is 11.7. The maximum absolute atomic E-state index is 9.97. The van der Waals surface area contributed by atoms with E-state index in [2.05, 4.69) is 21.2 Å². The van der Waals surface area contributed by atoms with E-state index >= 15 is 0 Å².